The number of piperidine rings is 1. The Bertz CT molecular complexity index is 212. The van der Waals surface area contributed by atoms with Crippen LogP contribution in [0.2, 0.25) is 0 Å². The number of hydrogen-bond acceptors (Lipinski definition) is 2. The van der Waals surface area contributed by atoms with Crippen molar-refractivity contribution in [2.75, 3.05) is 19.7 Å². The summed E-state index contributed by atoms with van der Waals surface area (Å²) in [6, 6.07) is 0. The number of aliphatic hydroxyl groups is 1. The molecule has 2 rings (SSSR count). The lowest BCUT2D eigenvalue weighted by Gasteiger charge is -2.43. The van der Waals surface area contributed by atoms with Gasteiger partial charge in [-0.1, -0.05) is 6.42 Å². The van der Waals surface area contributed by atoms with Gasteiger partial charge in [-0.2, -0.15) is 0 Å². The van der Waals surface area contributed by atoms with Gasteiger partial charge in [-0.25, -0.2) is 0 Å². The van der Waals surface area contributed by atoms with Crippen LogP contribution in [0.25, 0.3) is 0 Å². The van der Waals surface area contributed by atoms with Crippen molar-refractivity contribution in [1.29, 1.82) is 0 Å². The first-order chi connectivity index (χ1) is 6.78. The summed E-state index contributed by atoms with van der Waals surface area (Å²) in [5.74, 6) is 0.214. The van der Waals surface area contributed by atoms with E-state index in [9.17, 15) is 9.90 Å². The monoisotopic (exact) mass is 197 g/mol. The summed E-state index contributed by atoms with van der Waals surface area (Å²) in [4.78, 5) is 14.1. The van der Waals surface area contributed by atoms with E-state index in [0.717, 1.165) is 45.2 Å². The first-order valence-electron chi connectivity index (χ1n) is 5.69. The fourth-order valence-electron chi connectivity index (χ4n) is 2.48. The normalized spacial score (nSPS) is 25.6. The molecule has 1 saturated heterocycles. The van der Waals surface area contributed by atoms with Crippen molar-refractivity contribution in [2.45, 2.75) is 38.5 Å². The Morgan fingerprint density at radius 3 is 2.21 bits per heavy atom. The highest BCUT2D eigenvalue weighted by Crippen LogP contribution is 2.42. The quantitative estimate of drug-likeness (QED) is 0.721. The number of rotatable bonds is 2. The van der Waals surface area contributed by atoms with Crippen molar-refractivity contribution in [1.82, 2.24) is 4.90 Å². The van der Waals surface area contributed by atoms with Crippen LogP contribution in [0, 0.1) is 5.41 Å². The Morgan fingerprint density at radius 1 is 1.14 bits per heavy atom. The standard InChI is InChI=1S/C11H19NO2/c13-9-11(5-4-6-11)10(14)12-7-2-1-3-8-12/h13H,1-9H2. The maximum atomic E-state index is 12.1. The molecule has 14 heavy (non-hydrogen) atoms. The molecule has 3 heteroatoms. The molecule has 0 aromatic heterocycles. The molecule has 0 bridgehead atoms. The van der Waals surface area contributed by atoms with Gasteiger partial charge < -0.3 is 10.0 Å². The van der Waals surface area contributed by atoms with Crippen molar-refractivity contribution in [2.24, 2.45) is 5.41 Å². The van der Waals surface area contributed by atoms with Crippen LogP contribution in [-0.4, -0.2) is 35.6 Å². The molecular formula is C11H19NO2. The number of hydrogen-bond donors (Lipinski definition) is 1. The van der Waals surface area contributed by atoms with Crippen LogP contribution in [-0.2, 0) is 4.79 Å². The first-order valence-corrected chi connectivity index (χ1v) is 5.69. The van der Waals surface area contributed by atoms with Gasteiger partial charge in [0, 0.05) is 13.1 Å². The minimum atomic E-state index is -0.378. The molecule has 0 atom stereocenters. The van der Waals surface area contributed by atoms with E-state index in [2.05, 4.69) is 0 Å². The summed E-state index contributed by atoms with van der Waals surface area (Å²) >= 11 is 0. The van der Waals surface area contributed by atoms with E-state index in [0.29, 0.717) is 0 Å². The molecule has 0 aromatic carbocycles. The molecule has 1 aliphatic carbocycles. The van der Waals surface area contributed by atoms with Gasteiger partial charge in [-0.05, 0) is 32.1 Å². The molecule has 2 fully saturated rings. The van der Waals surface area contributed by atoms with Gasteiger partial charge in [0.15, 0.2) is 0 Å². The number of likely N-dealkylation sites (tertiary alicyclic amines) is 1. The second-order valence-corrected chi connectivity index (χ2v) is 4.64. The highest BCUT2D eigenvalue weighted by molar-refractivity contribution is 5.83. The third-order valence-electron chi connectivity index (χ3n) is 3.71. The molecule has 2 aliphatic rings. The van der Waals surface area contributed by atoms with Crippen molar-refractivity contribution in [3.8, 4) is 0 Å². The van der Waals surface area contributed by atoms with Gasteiger partial charge in [0.25, 0.3) is 0 Å². The third kappa shape index (κ3) is 1.54. The van der Waals surface area contributed by atoms with Crippen LogP contribution >= 0.6 is 0 Å². The molecule has 0 aromatic rings. The van der Waals surface area contributed by atoms with Gasteiger partial charge >= 0.3 is 0 Å². The van der Waals surface area contributed by atoms with E-state index in [-0.39, 0.29) is 17.9 Å². The maximum Gasteiger partial charge on any atom is 0.231 e. The SMILES string of the molecule is O=C(N1CCCCC1)C1(CO)CCC1. The number of carbonyl (C=O) groups is 1. The van der Waals surface area contributed by atoms with E-state index < -0.39 is 0 Å². The zero-order chi connectivity index (χ0) is 10.0. The van der Waals surface area contributed by atoms with Crippen molar-refractivity contribution < 1.29 is 9.90 Å². The Morgan fingerprint density at radius 2 is 1.79 bits per heavy atom. The minimum Gasteiger partial charge on any atom is -0.395 e. The number of nitrogens with zero attached hydrogens (tertiary/aromatic N) is 1. The Labute approximate surface area is 85.1 Å². The van der Waals surface area contributed by atoms with E-state index >= 15 is 0 Å². The Balaban J connectivity index is 1.98. The van der Waals surface area contributed by atoms with Crippen molar-refractivity contribution in [3.63, 3.8) is 0 Å². The van der Waals surface area contributed by atoms with E-state index in [1.165, 1.54) is 6.42 Å². The summed E-state index contributed by atoms with van der Waals surface area (Å²) in [6.07, 6.45) is 6.38. The van der Waals surface area contributed by atoms with Gasteiger partial charge in [0.05, 0.1) is 12.0 Å². The van der Waals surface area contributed by atoms with Crippen LogP contribution in [0.1, 0.15) is 38.5 Å². The molecule has 1 N–H and O–H groups in total. The zero-order valence-electron chi connectivity index (χ0n) is 8.67. The van der Waals surface area contributed by atoms with Gasteiger partial charge in [-0.3, -0.25) is 4.79 Å². The molecule has 1 aliphatic heterocycles. The predicted octanol–water partition coefficient (Wildman–Crippen LogP) is 1.16. The maximum absolute atomic E-state index is 12.1. The van der Waals surface area contributed by atoms with Crippen LogP contribution in [0.3, 0.4) is 0 Å². The number of aliphatic hydroxyl groups excluding tert-OH is 1. The highest BCUT2D eigenvalue weighted by Gasteiger charge is 2.45. The fourth-order valence-corrected chi connectivity index (χ4v) is 2.48. The lowest BCUT2D eigenvalue weighted by Crippen LogP contribution is -2.51. The minimum absolute atomic E-state index is 0.0440. The second kappa shape index (κ2) is 3.89. The highest BCUT2D eigenvalue weighted by atomic mass is 16.3. The summed E-state index contributed by atoms with van der Waals surface area (Å²) in [7, 11) is 0. The summed E-state index contributed by atoms with van der Waals surface area (Å²) in [6.45, 7) is 1.85. The van der Waals surface area contributed by atoms with Gasteiger partial charge in [0.2, 0.25) is 5.91 Å². The van der Waals surface area contributed by atoms with Crippen molar-refractivity contribution >= 4 is 5.91 Å². The molecule has 1 amide bonds. The molecule has 3 nitrogen and oxygen atoms in total. The second-order valence-electron chi connectivity index (χ2n) is 4.64. The number of amides is 1. The third-order valence-corrected chi connectivity index (χ3v) is 3.71. The molecule has 0 unspecified atom stereocenters. The average molecular weight is 197 g/mol. The van der Waals surface area contributed by atoms with Crippen LogP contribution < -0.4 is 0 Å². The lowest BCUT2D eigenvalue weighted by atomic mass is 9.68. The van der Waals surface area contributed by atoms with Gasteiger partial charge in [-0.15, -0.1) is 0 Å². The smallest absolute Gasteiger partial charge is 0.231 e. The summed E-state index contributed by atoms with van der Waals surface area (Å²) < 4.78 is 0. The van der Waals surface area contributed by atoms with E-state index in [4.69, 9.17) is 0 Å². The zero-order valence-corrected chi connectivity index (χ0v) is 8.67. The van der Waals surface area contributed by atoms with E-state index in [1.54, 1.807) is 0 Å². The molecule has 0 spiro atoms. The predicted molar refractivity (Wildman–Crippen MR) is 53.8 cm³/mol. The van der Waals surface area contributed by atoms with E-state index in [1.807, 2.05) is 4.90 Å². The van der Waals surface area contributed by atoms with Crippen molar-refractivity contribution in [3.05, 3.63) is 0 Å². The topological polar surface area (TPSA) is 40.5 Å². The summed E-state index contributed by atoms with van der Waals surface area (Å²) in [5.41, 5.74) is -0.378. The van der Waals surface area contributed by atoms with Crippen LogP contribution in [0.15, 0.2) is 0 Å². The first kappa shape index (κ1) is 9.97. The Hall–Kier alpha value is -0.570. The van der Waals surface area contributed by atoms with Gasteiger partial charge in [0.1, 0.15) is 0 Å². The molecule has 1 saturated carbocycles. The Kier molecular flexibility index (Phi) is 2.77. The molecule has 80 valence electrons. The van der Waals surface area contributed by atoms with Crippen LogP contribution in [0.4, 0.5) is 0 Å². The molecular weight excluding hydrogens is 178 g/mol. The summed E-state index contributed by atoms with van der Waals surface area (Å²) in [5, 5.41) is 9.29. The number of carbonyl (C=O) groups excluding carboxylic acids is 1. The lowest BCUT2D eigenvalue weighted by molar-refractivity contribution is -0.151. The average Bonchev–Trinajstić information content (AvgIpc) is 2.18. The molecule has 0 radical (unpaired) electrons. The fraction of sp³-hybridized carbons (Fsp3) is 0.909. The largest absolute Gasteiger partial charge is 0.395 e. The van der Waals surface area contributed by atoms with Crippen LogP contribution in [0.5, 0.6) is 0 Å². The molecule has 1 heterocycles.